The van der Waals surface area contributed by atoms with Gasteiger partial charge in [0.05, 0.1) is 23.1 Å². The van der Waals surface area contributed by atoms with Crippen LogP contribution in [0.15, 0.2) is 34.9 Å². The maximum atomic E-state index is 12.2. The molecular formula is C15H16BrN3O3. The Morgan fingerprint density at radius 2 is 2.00 bits per heavy atom. The molecule has 2 aromatic rings. The molecule has 6 nitrogen and oxygen atoms in total. The summed E-state index contributed by atoms with van der Waals surface area (Å²) in [6.45, 7) is 3.34. The first-order chi connectivity index (χ1) is 10.4. The second-order valence-corrected chi connectivity index (χ2v) is 5.70. The van der Waals surface area contributed by atoms with Gasteiger partial charge in [0.15, 0.2) is 0 Å². The second-order valence-electron chi connectivity index (χ2n) is 4.78. The molecule has 1 heterocycles. The third kappa shape index (κ3) is 3.36. The summed E-state index contributed by atoms with van der Waals surface area (Å²) in [5.74, 6) is -1.51. The van der Waals surface area contributed by atoms with Crippen molar-refractivity contribution in [3.8, 4) is 5.69 Å². The third-order valence-corrected chi connectivity index (χ3v) is 3.77. The summed E-state index contributed by atoms with van der Waals surface area (Å²) in [6.07, 6.45) is 2.06. The molecular weight excluding hydrogens is 350 g/mol. The average molecular weight is 366 g/mol. The molecule has 1 atom stereocenters. The fourth-order valence-electron chi connectivity index (χ4n) is 2.04. The number of rotatable bonds is 5. The molecule has 0 aliphatic rings. The summed E-state index contributed by atoms with van der Waals surface area (Å²) in [5, 5.41) is 15.6. The minimum atomic E-state index is -1.08. The topological polar surface area (TPSA) is 84.2 Å². The highest BCUT2D eigenvalue weighted by Gasteiger charge is 2.20. The van der Waals surface area contributed by atoms with E-state index in [-0.39, 0.29) is 0 Å². The zero-order valence-corrected chi connectivity index (χ0v) is 13.8. The van der Waals surface area contributed by atoms with Gasteiger partial charge in [-0.3, -0.25) is 9.59 Å². The Morgan fingerprint density at radius 1 is 1.36 bits per heavy atom. The first-order valence-corrected chi connectivity index (χ1v) is 7.59. The van der Waals surface area contributed by atoms with Crippen LogP contribution in [0.4, 0.5) is 0 Å². The van der Waals surface area contributed by atoms with Crippen LogP contribution in [0.5, 0.6) is 0 Å². The number of carboxylic acid groups (broad SMARTS) is 1. The fraction of sp³-hybridized carbons (Fsp3) is 0.267. The molecule has 0 bridgehead atoms. The first kappa shape index (κ1) is 16.2. The molecule has 1 amide bonds. The SMILES string of the molecule is CCc1c(C(=O)N[C@@H](C)C(=O)O)cnn1-c1ccc(Br)cc1. The van der Waals surface area contributed by atoms with Gasteiger partial charge in [-0.25, -0.2) is 4.68 Å². The molecule has 0 saturated carbocycles. The molecule has 2 rings (SSSR count). The van der Waals surface area contributed by atoms with Crippen molar-refractivity contribution >= 4 is 27.8 Å². The number of carbonyl (C=O) groups excluding carboxylic acids is 1. The predicted octanol–water partition coefficient (Wildman–Crippen LogP) is 2.40. The highest BCUT2D eigenvalue weighted by atomic mass is 79.9. The number of aromatic nitrogens is 2. The van der Waals surface area contributed by atoms with Gasteiger partial charge in [-0.1, -0.05) is 22.9 Å². The summed E-state index contributed by atoms with van der Waals surface area (Å²) in [4.78, 5) is 23.0. The summed E-state index contributed by atoms with van der Waals surface area (Å²) < 4.78 is 2.64. The summed E-state index contributed by atoms with van der Waals surface area (Å²) in [7, 11) is 0. The van der Waals surface area contributed by atoms with Crippen molar-refractivity contribution in [1.29, 1.82) is 0 Å². The number of hydrogen-bond acceptors (Lipinski definition) is 3. The van der Waals surface area contributed by atoms with Crippen LogP contribution in [0, 0.1) is 0 Å². The molecule has 7 heteroatoms. The highest BCUT2D eigenvalue weighted by Crippen LogP contribution is 2.18. The molecule has 0 unspecified atom stereocenters. The lowest BCUT2D eigenvalue weighted by Gasteiger charge is -2.10. The molecule has 0 spiro atoms. The summed E-state index contributed by atoms with van der Waals surface area (Å²) in [6, 6.07) is 6.61. The van der Waals surface area contributed by atoms with Crippen LogP contribution in [0.25, 0.3) is 5.69 Å². The Bertz CT molecular complexity index is 695. The molecule has 0 aliphatic carbocycles. The number of hydrogen-bond donors (Lipinski definition) is 2. The normalized spacial score (nSPS) is 12.0. The maximum Gasteiger partial charge on any atom is 0.325 e. The van der Waals surface area contributed by atoms with E-state index in [0.29, 0.717) is 12.0 Å². The van der Waals surface area contributed by atoms with Crippen LogP contribution in [-0.4, -0.2) is 32.8 Å². The third-order valence-electron chi connectivity index (χ3n) is 3.24. The average Bonchev–Trinajstić information content (AvgIpc) is 2.91. The van der Waals surface area contributed by atoms with E-state index in [2.05, 4.69) is 26.3 Å². The monoisotopic (exact) mass is 365 g/mol. The zero-order valence-electron chi connectivity index (χ0n) is 12.2. The van der Waals surface area contributed by atoms with Gasteiger partial charge >= 0.3 is 5.97 Å². The number of benzene rings is 1. The highest BCUT2D eigenvalue weighted by molar-refractivity contribution is 9.10. The minimum Gasteiger partial charge on any atom is -0.480 e. The van der Waals surface area contributed by atoms with E-state index in [0.717, 1.165) is 15.9 Å². The van der Waals surface area contributed by atoms with Crippen LogP contribution < -0.4 is 5.32 Å². The predicted molar refractivity (Wildman–Crippen MR) is 85.2 cm³/mol. The standard InChI is InChI=1S/C15H16BrN3O3/c1-3-13-12(14(20)18-9(2)15(21)22)8-17-19(13)11-6-4-10(16)5-7-11/h4-9H,3H2,1-2H3,(H,18,20)(H,21,22)/t9-/m0/s1. The van der Waals surface area contributed by atoms with Crippen LogP contribution in [0.2, 0.25) is 0 Å². The molecule has 116 valence electrons. The Balaban J connectivity index is 2.33. The largest absolute Gasteiger partial charge is 0.480 e. The van der Waals surface area contributed by atoms with Gasteiger partial charge in [0.2, 0.25) is 0 Å². The van der Waals surface area contributed by atoms with E-state index in [1.165, 1.54) is 13.1 Å². The Kier molecular flexibility index (Phi) is 4.97. The molecule has 0 saturated heterocycles. The van der Waals surface area contributed by atoms with E-state index in [1.807, 2.05) is 31.2 Å². The van der Waals surface area contributed by atoms with Crippen molar-refractivity contribution in [3.63, 3.8) is 0 Å². The van der Waals surface area contributed by atoms with E-state index in [9.17, 15) is 9.59 Å². The van der Waals surface area contributed by atoms with Crippen LogP contribution in [0.1, 0.15) is 29.9 Å². The number of halogens is 1. The number of carbonyl (C=O) groups is 2. The smallest absolute Gasteiger partial charge is 0.325 e. The number of nitrogens with zero attached hydrogens (tertiary/aromatic N) is 2. The van der Waals surface area contributed by atoms with E-state index in [4.69, 9.17) is 5.11 Å². The Hall–Kier alpha value is -2.15. The second kappa shape index (κ2) is 6.74. The molecule has 0 radical (unpaired) electrons. The Labute approximate surface area is 136 Å². The molecule has 0 fully saturated rings. The van der Waals surface area contributed by atoms with E-state index in [1.54, 1.807) is 4.68 Å². The van der Waals surface area contributed by atoms with Crippen LogP contribution >= 0.6 is 15.9 Å². The number of aliphatic carboxylic acids is 1. The molecule has 0 aliphatic heterocycles. The maximum absolute atomic E-state index is 12.2. The van der Waals surface area contributed by atoms with Gasteiger partial charge < -0.3 is 10.4 Å². The van der Waals surface area contributed by atoms with Gasteiger partial charge in [-0.15, -0.1) is 0 Å². The van der Waals surface area contributed by atoms with E-state index < -0.39 is 17.9 Å². The van der Waals surface area contributed by atoms with Gasteiger partial charge in [-0.05, 0) is 37.6 Å². The molecule has 2 N–H and O–H groups in total. The van der Waals surface area contributed by atoms with Gasteiger partial charge in [0.1, 0.15) is 6.04 Å². The lowest BCUT2D eigenvalue weighted by atomic mass is 10.1. The van der Waals surface area contributed by atoms with Crippen molar-refractivity contribution in [3.05, 3.63) is 46.2 Å². The Morgan fingerprint density at radius 3 is 2.55 bits per heavy atom. The van der Waals surface area contributed by atoms with Crippen LogP contribution in [0.3, 0.4) is 0 Å². The van der Waals surface area contributed by atoms with E-state index >= 15 is 0 Å². The molecule has 1 aromatic carbocycles. The van der Waals surface area contributed by atoms with Gasteiger partial charge in [0, 0.05) is 4.47 Å². The van der Waals surface area contributed by atoms with Crippen molar-refractivity contribution in [2.75, 3.05) is 0 Å². The van der Waals surface area contributed by atoms with Gasteiger partial charge in [0.25, 0.3) is 5.91 Å². The lowest BCUT2D eigenvalue weighted by Crippen LogP contribution is -2.38. The number of carboxylic acids is 1. The minimum absolute atomic E-state index is 0.388. The molecule has 1 aromatic heterocycles. The van der Waals surface area contributed by atoms with Crippen LogP contribution in [-0.2, 0) is 11.2 Å². The number of amides is 1. The summed E-state index contributed by atoms with van der Waals surface area (Å²) in [5.41, 5.74) is 1.96. The lowest BCUT2D eigenvalue weighted by molar-refractivity contribution is -0.138. The van der Waals surface area contributed by atoms with Gasteiger partial charge in [-0.2, -0.15) is 5.10 Å². The summed E-state index contributed by atoms with van der Waals surface area (Å²) >= 11 is 3.37. The number of nitrogens with one attached hydrogen (secondary N) is 1. The quantitative estimate of drug-likeness (QED) is 0.851. The first-order valence-electron chi connectivity index (χ1n) is 6.80. The van der Waals surface area contributed by atoms with Crippen molar-refractivity contribution < 1.29 is 14.7 Å². The fourth-order valence-corrected chi connectivity index (χ4v) is 2.31. The van der Waals surface area contributed by atoms with Crippen molar-refractivity contribution in [2.45, 2.75) is 26.3 Å². The zero-order chi connectivity index (χ0) is 16.3. The molecule has 22 heavy (non-hydrogen) atoms. The van der Waals surface area contributed by atoms with Crippen molar-refractivity contribution in [2.24, 2.45) is 0 Å². The van der Waals surface area contributed by atoms with Crippen molar-refractivity contribution in [1.82, 2.24) is 15.1 Å².